The lowest BCUT2D eigenvalue weighted by Gasteiger charge is -2.02. The maximum absolute atomic E-state index is 10.3. The Labute approximate surface area is 173 Å². The predicted octanol–water partition coefficient (Wildman–Crippen LogP) is 5.57. The number of alkyl halides is 1. The largest absolute Gasteiger partial charge is 0.481 e. The summed E-state index contributed by atoms with van der Waals surface area (Å²) in [5.41, 5.74) is 0.232. The zero-order valence-electron chi connectivity index (χ0n) is 17.1. The Kier molecular flexibility index (Phi) is 25.1. The Bertz CT molecular complexity index is 460. The van der Waals surface area contributed by atoms with Crippen LogP contribution < -0.4 is 0 Å². The summed E-state index contributed by atoms with van der Waals surface area (Å²) >= 11 is 5.32. The molecule has 7 heteroatoms. The van der Waals surface area contributed by atoms with Gasteiger partial charge in [0.1, 0.15) is 0 Å². The molecule has 0 bridgehead atoms. The van der Waals surface area contributed by atoms with Crippen LogP contribution in [0, 0.1) is 5.92 Å². The molecule has 6 nitrogen and oxygen atoms in total. The number of hydrogen-bond donors (Lipinski definition) is 2. The Morgan fingerprint density at radius 2 is 1.64 bits per heavy atom. The van der Waals surface area contributed by atoms with Gasteiger partial charge in [-0.15, -0.1) is 18.2 Å². The van der Waals surface area contributed by atoms with Gasteiger partial charge in [-0.05, 0) is 25.2 Å². The van der Waals surface area contributed by atoms with E-state index in [1.54, 1.807) is 0 Å². The first-order valence-electron chi connectivity index (χ1n) is 9.22. The second kappa shape index (κ2) is 23.0. The summed E-state index contributed by atoms with van der Waals surface area (Å²) in [5, 5.41) is 16.6. The van der Waals surface area contributed by atoms with Gasteiger partial charge in [-0.3, -0.25) is 9.59 Å². The molecule has 0 atom stereocenters. The molecule has 0 aliphatic heterocycles. The van der Waals surface area contributed by atoms with Gasteiger partial charge < -0.3 is 14.9 Å². The molecular weight excluding hydrogens is 384 g/mol. The minimum atomic E-state index is -0.930. The van der Waals surface area contributed by atoms with E-state index in [0.717, 1.165) is 25.0 Å². The second-order valence-corrected chi connectivity index (χ2v) is 6.62. The van der Waals surface area contributed by atoms with Gasteiger partial charge in [0.25, 0.3) is 0 Å². The number of hydrogen-bond acceptors (Lipinski definition) is 4. The summed E-state index contributed by atoms with van der Waals surface area (Å²) < 4.78 is 4.34. The molecule has 0 unspecified atom stereocenters. The lowest BCUT2D eigenvalue weighted by Crippen LogP contribution is -1.98. The van der Waals surface area contributed by atoms with Gasteiger partial charge in [-0.1, -0.05) is 52.3 Å². The standard InChI is InChI=1S/C9H18O2.C6H9ClO2.C6H8O2/c1-8(2)6-4-3-5-7-9(10)11;1-5(6(8)9)3-2-4-7;1-3-5-6(7)8-4-2/h8H,3-7H2,1-2H3,(H,10,11);1-4H2,(H,8,9);3-4H,1-2,5H2. The van der Waals surface area contributed by atoms with E-state index in [1.807, 2.05) is 0 Å². The van der Waals surface area contributed by atoms with E-state index in [9.17, 15) is 14.4 Å². The number of ether oxygens (including phenoxy) is 1. The zero-order valence-corrected chi connectivity index (χ0v) is 17.9. The van der Waals surface area contributed by atoms with Crippen LogP contribution in [-0.4, -0.2) is 34.0 Å². The quantitative estimate of drug-likeness (QED) is 0.101. The number of unbranched alkanes of at least 4 members (excludes halogenated alkanes) is 2. The molecule has 0 aliphatic rings. The fourth-order valence-corrected chi connectivity index (χ4v) is 1.79. The highest BCUT2D eigenvalue weighted by Crippen LogP contribution is 2.09. The van der Waals surface area contributed by atoms with Crippen LogP contribution in [0.4, 0.5) is 0 Å². The predicted molar refractivity (Wildman–Crippen MR) is 113 cm³/mol. The lowest BCUT2D eigenvalue weighted by atomic mass is 10.0. The molecule has 0 aromatic carbocycles. The molecule has 28 heavy (non-hydrogen) atoms. The van der Waals surface area contributed by atoms with Crippen molar-refractivity contribution in [2.45, 2.75) is 65.2 Å². The van der Waals surface area contributed by atoms with E-state index in [1.165, 1.54) is 18.9 Å². The number of esters is 1. The van der Waals surface area contributed by atoms with Crippen LogP contribution >= 0.6 is 11.6 Å². The molecule has 0 aromatic rings. The molecule has 0 rings (SSSR count). The van der Waals surface area contributed by atoms with Crippen LogP contribution in [0.5, 0.6) is 0 Å². The van der Waals surface area contributed by atoms with E-state index >= 15 is 0 Å². The van der Waals surface area contributed by atoms with Crippen molar-refractivity contribution >= 4 is 29.5 Å². The normalized spacial score (nSPS) is 9.14. The van der Waals surface area contributed by atoms with Gasteiger partial charge in [0.2, 0.25) is 0 Å². The van der Waals surface area contributed by atoms with Gasteiger partial charge in [0.15, 0.2) is 0 Å². The number of halogens is 1. The lowest BCUT2D eigenvalue weighted by molar-refractivity contribution is -0.138. The highest BCUT2D eigenvalue weighted by molar-refractivity contribution is 6.17. The van der Waals surface area contributed by atoms with Crippen molar-refractivity contribution in [2.24, 2.45) is 5.92 Å². The zero-order chi connectivity index (χ0) is 22.4. The molecule has 0 radical (unpaired) electrons. The SMILES string of the molecule is C=C(CCCCl)C(=O)O.C=CCC(=O)OC=C.CC(C)CCCCCC(=O)O. The van der Waals surface area contributed by atoms with Gasteiger partial charge in [0.05, 0.1) is 12.7 Å². The first-order chi connectivity index (χ1) is 13.1. The molecular formula is C21H35ClO6. The molecule has 0 saturated heterocycles. The van der Waals surface area contributed by atoms with Gasteiger partial charge in [-0.2, -0.15) is 0 Å². The average molecular weight is 419 g/mol. The number of carbonyl (C=O) groups is 3. The summed E-state index contributed by atoms with van der Waals surface area (Å²) in [4.78, 5) is 30.4. The monoisotopic (exact) mass is 418 g/mol. The van der Waals surface area contributed by atoms with Crippen molar-refractivity contribution in [1.29, 1.82) is 0 Å². The van der Waals surface area contributed by atoms with E-state index < -0.39 is 11.9 Å². The third kappa shape index (κ3) is 31.7. The van der Waals surface area contributed by atoms with Crippen molar-refractivity contribution in [1.82, 2.24) is 0 Å². The third-order valence-corrected chi connectivity index (χ3v) is 3.38. The Balaban J connectivity index is -0.000000340. The van der Waals surface area contributed by atoms with Gasteiger partial charge >= 0.3 is 17.9 Å². The summed E-state index contributed by atoms with van der Waals surface area (Å²) in [6.07, 6.45) is 8.62. The van der Waals surface area contributed by atoms with E-state index in [2.05, 4.69) is 38.3 Å². The van der Waals surface area contributed by atoms with Gasteiger partial charge in [-0.25, -0.2) is 4.79 Å². The van der Waals surface area contributed by atoms with Crippen molar-refractivity contribution in [3.8, 4) is 0 Å². The number of carbonyl (C=O) groups excluding carboxylic acids is 1. The van der Waals surface area contributed by atoms with E-state index in [0.29, 0.717) is 25.1 Å². The van der Waals surface area contributed by atoms with Crippen molar-refractivity contribution < 1.29 is 29.3 Å². The average Bonchev–Trinajstić information content (AvgIpc) is 2.60. The molecule has 162 valence electrons. The maximum atomic E-state index is 10.3. The van der Waals surface area contributed by atoms with Crippen LogP contribution in [0.1, 0.15) is 65.2 Å². The molecule has 0 aliphatic carbocycles. The number of carboxylic acids is 2. The fraction of sp³-hybridized carbons (Fsp3) is 0.571. The van der Waals surface area contributed by atoms with Crippen LogP contribution in [-0.2, 0) is 19.1 Å². The fourth-order valence-electron chi connectivity index (χ4n) is 1.65. The summed E-state index contributed by atoms with van der Waals surface area (Å²) in [5.74, 6) is -0.684. The number of carboxylic acid groups (broad SMARTS) is 2. The van der Waals surface area contributed by atoms with E-state index in [4.69, 9.17) is 21.8 Å². The van der Waals surface area contributed by atoms with Crippen LogP contribution in [0.25, 0.3) is 0 Å². The number of rotatable bonds is 13. The van der Waals surface area contributed by atoms with Gasteiger partial charge in [0, 0.05) is 17.9 Å². The molecule has 0 spiro atoms. The minimum absolute atomic E-state index is 0.232. The van der Waals surface area contributed by atoms with Crippen LogP contribution in [0.15, 0.2) is 37.6 Å². The molecule has 0 amide bonds. The van der Waals surface area contributed by atoms with Crippen molar-refractivity contribution in [3.63, 3.8) is 0 Å². The first kappa shape index (κ1) is 30.6. The van der Waals surface area contributed by atoms with Crippen LogP contribution in [0.3, 0.4) is 0 Å². The highest BCUT2D eigenvalue weighted by Gasteiger charge is 2.01. The molecule has 0 aromatic heterocycles. The molecule has 2 N–H and O–H groups in total. The second-order valence-electron chi connectivity index (χ2n) is 6.24. The van der Waals surface area contributed by atoms with Crippen molar-refractivity contribution in [3.05, 3.63) is 37.6 Å². The summed E-state index contributed by atoms with van der Waals surface area (Å²) in [7, 11) is 0. The number of aliphatic carboxylic acids is 2. The highest BCUT2D eigenvalue weighted by atomic mass is 35.5. The Morgan fingerprint density at radius 3 is 2.04 bits per heavy atom. The summed E-state index contributed by atoms with van der Waals surface area (Å²) in [6.45, 7) is 14.3. The van der Waals surface area contributed by atoms with Crippen LogP contribution in [0.2, 0.25) is 0 Å². The maximum Gasteiger partial charge on any atom is 0.330 e. The van der Waals surface area contributed by atoms with E-state index in [-0.39, 0.29) is 18.0 Å². The summed E-state index contributed by atoms with van der Waals surface area (Å²) in [6, 6.07) is 0. The molecule has 0 saturated carbocycles. The molecule has 0 heterocycles. The first-order valence-corrected chi connectivity index (χ1v) is 9.75. The third-order valence-electron chi connectivity index (χ3n) is 3.11. The Hall–Kier alpha value is -2.08. The topological polar surface area (TPSA) is 101 Å². The Morgan fingerprint density at radius 1 is 1.04 bits per heavy atom. The molecule has 0 fully saturated rings. The smallest absolute Gasteiger partial charge is 0.330 e. The minimum Gasteiger partial charge on any atom is -0.481 e. The van der Waals surface area contributed by atoms with Crippen molar-refractivity contribution in [2.75, 3.05) is 5.88 Å².